The summed E-state index contributed by atoms with van der Waals surface area (Å²) < 4.78 is 5.26. The molecule has 0 spiro atoms. The number of nitrogens with zero attached hydrogens (tertiary/aromatic N) is 3. The van der Waals surface area contributed by atoms with Gasteiger partial charge in [-0.05, 0) is 44.8 Å². The second-order valence-electron chi connectivity index (χ2n) is 5.83. The van der Waals surface area contributed by atoms with Crippen LogP contribution in [-0.2, 0) is 6.54 Å². The van der Waals surface area contributed by atoms with Crippen molar-refractivity contribution in [3.05, 3.63) is 10.5 Å². The number of aromatic amines is 1. The highest BCUT2D eigenvalue weighted by Gasteiger charge is 2.24. The average molecular weight is 278 g/mol. The van der Waals surface area contributed by atoms with Crippen molar-refractivity contribution < 1.29 is 0 Å². The minimum absolute atomic E-state index is 0.534. The van der Waals surface area contributed by atoms with E-state index in [0.717, 1.165) is 28.4 Å². The van der Waals surface area contributed by atoms with Gasteiger partial charge in [-0.3, -0.25) is 4.57 Å². The first kappa shape index (κ1) is 12.9. The maximum atomic E-state index is 5.56. The first-order valence-corrected chi connectivity index (χ1v) is 7.70. The molecular weight excluding hydrogens is 256 g/mol. The molecule has 0 saturated heterocycles. The highest BCUT2D eigenvalue weighted by atomic mass is 32.1. The van der Waals surface area contributed by atoms with Gasteiger partial charge in [-0.15, -0.1) is 0 Å². The second kappa shape index (κ2) is 4.78. The van der Waals surface area contributed by atoms with E-state index < -0.39 is 0 Å². The van der Waals surface area contributed by atoms with Gasteiger partial charge >= 0.3 is 0 Å². The first-order chi connectivity index (χ1) is 9.11. The summed E-state index contributed by atoms with van der Waals surface area (Å²) in [5, 5.41) is 4.60. The summed E-state index contributed by atoms with van der Waals surface area (Å²) in [4.78, 5) is 3.36. The Bertz CT molecular complexity index is 648. The summed E-state index contributed by atoms with van der Waals surface area (Å²) in [7, 11) is 0. The molecule has 0 aliphatic heterocycles. The quantitative estimate of drug-likeness (QED) is 0.844. The van der Waals surface area contributed by atoms with E-state index in [2.05, 4.69) is 33.2 Å². The van der Waals surface area contributed by atoms with Crippen molar-refractivity contribution in [2.45, 2.75) is 59.0 Å². The van der Waals surface area contributed by atoms with Crippen molar-refractivity contribution >= 4 is 23.4 Å². The molecule has 1 N–H and O–H groups in total. The number of nitrogens with one attached hydrogen (secondary N) is 1. The zero-order chi connectivity index (χ0) is 13.6. The molecule has 0 aromatic carbocycles. The largest absolute Gasteiger partial charge is 0.328 e. The van der Waals surface area contributed by atoms with E-state index in [0.29, 0.717) is 6.04 Å². The maximum Gasteiger partial charge on any atom is 0.179 e. The van der Waals surface area contributed by atoms with E-state index >= 15 is 0 Å². The molecule has 0 radical (unpaired) electrons. The molecule has 0 amide bonds. The summed E-state index contributed by atoms with van der Waals surface area (Å²) in [6.07, 6.45) is 5.12. The predicted molar refractivity (Wildman–Crippen MR) is 80.0 cm³/mol. The number of hydrogen-bond donors (Lipinski definition) is 1. The monoisotopic (exact) mass is 278 g/mol. The molecule has 1 aliphatic rings. The standard InChI is InChI=1S/C14H22N4S/c1-4-17-13-12(10(3)16-17)15-14(19)18(13)11-7-5-6-9(2)8-11/h9,11H,4-8H2,1-3H3,(H,15,19). The summed E-state index contributed by atoms with van der Waals surface area (Å²) in [6, 6.07) is 0.534. The minimum atomic E-state index is 0.534. The molecule has 104 valence electrons. The Labute approximate surface area is 118 Å². The lowest BCUT2D eigenvalue weighted by atomic mass is 9.87. The molecular formula is C14H22N4S. The number of H-pyrrole nitrogens is 1. The van der Waals surface area contributed by atoms with Crippen LogP contribution in [0.15, 0.2) is 0 Å². The lowest BCUT2D eigenvalue weighted by molar-refractivity contribution is 0.283. The maximum absolute atomic E-state index is 5.56. The molecule has 2 aromatic heterocycles. The van der Waals surface area contributed by atoms with Crippen LogP contribution in [0.5, 0.6) is 0 Å². The smallest absolute Gasteiger partial charge is 0.179 e. The molecule has 2 aromatic rings. The van der Waals surface area contributed by atoms with Gasteiger partial charge in [-0.1, -0.05) is 19.8 Å². The van der Waals surface area contributed by atoms with Crippen molar-refractivity contribution in [1.29, 1.82) is 0 Å². The van der Waals surface area contributed by atoms with Gasteiger partial charge < -0.3 is 4.98 Å². The Balaban J connectivity index is 2.16. The van der Waals surface area contributed by atoms with Gasteiger partial charge in [0.15, 0.2) is 10.4 Å². The fourth-order valence-electron chi connectivity index (χ4n) is 3.42. The van der Waals surface area contributed by atoms with Crippen LogP contribution in [0.25, 0.3) is 11.2 Å². The molecule has 2 atom stereocenters. The van der Waals surface area contributed by atoms with Crippen molar-refractivity contribution in [3.8, 4) is 0 Å². The van der Waals surface area contributed by atoms with Gasteiger partial charge in [0.2, 0.25) is 0 Å². The number of imidazole rings is 1. The fraction of sp³-hybridized carbons (Fsp3) is 0.714. The van der Waals surface area contributed by atoms with Crippen molar-refractivity contribution in [2.75, 3.05) is 0 Å². The van der Waals surface area contributed by atoms with Crippen LogP contribution < -0.4 is 0 Å². The van der Waals surface area contributed by atoms with Crippen LogP contribution in [0.2, 0.25) is 0 Å². The molecule has 1 aliphatic carbocycles. The minimum Gasteiger partial charge on any atom is -0.328 e. The summed E-state index contributed by atoms with van der Waals surface area (Å²) in [6.45, 7) is 7.42. The zero-order valence-corrected chi connectivity index (χ0v) is 12.8. The third-order valence-electron chi connectivity index (χ3n) is 4.35. The number of fused-ring (bicyclic) bond motifs is 1. The van der Waals surface area contributed by atoms with Crippen molar-refractivity contribution in [2.24, 2.45) is 5.92 Å². The molecule has 0 bridgehead atoms. The van der Waals surface area contributed by atoms with E-state index in [1.165, 1.54) is 31.3 Å². The highest BCUT2D eigenvalue weighted by Crippen LogP contribution is 2.35. The van der Waals surface area contributed by atoms with E-state index in [9.17, 15) is 0 Å². The van der Waals surface area contributed by atoms with E-state index in [-0.39, 0.29) is 0 Å². The van der Waals surface area contributed by atoms with E-state index in [1.54, 1.807) is 0 Å². The Morgan fingerprint density at radius 2 is 2.21 bits per heavy atom. The normalized spacial score (nSPS) is 24.2. The molecule has 1 saturated carbocycles. The number of aromatic nitrogens is 4. The molecule has 3 rings (SSSR count). The van der Waals surface area contributed by atoms with Crippen molar-refractivity contribution in [1.82, 2.24) is 19.3 Å². The Hall–Kier alpha value is -1.10. The van der Waals surface area contributed by atoms with Gasteiger partial charge in [0, 0.05) is 12.6 Å². The first-order valence-electron chi connectivity index (χ1n) is 7.29. The molecule has 2 unspecified atom stereocenters. The summed E-state index contributed by atoms with van der Waals surface area (Å²) in [5.41, 5.74) is 3.35. The van der Waals surface area contributed by atoms with Crippen LogP contribution in [0.3, 0.4) is 0 Å². The average Bonchev–Trinajstić information content (AvgIpc) is 2.86. The van der Waals surface area contributed by atoms with Crippen LogP contribution in [0, 0.1) is 17.6 Å². The molecule has 2 heterocycles. The molecule has 19 heavy (non-hydrogen) atoms. The Morgan fingerprint density at radius 3 is 2.89 bits per heavy atom. The lowest BCUT2D eigenvalue weighted by Crippen LogP contribution is -2.19. The molecule has 1 fully saturated rings. The summed E-state index contributed by atoms with van der Waals surface area (Å²) >= 11 is 5.56. The van der Waals surface area contributed by atoms with Crippen LogP contribution in [-0.4, -0.2) is 19.3 Å². The fourth-order valence-corrected chi connectivity index (χ4v) is 3.76. The number of rotatable bonds is 2. The van der Waals surface area contributed by atoms with Gasteiger partial charge in [0.1, 0.15) is 5.52 Å². The van der Waals surface area contributed by atoms with Gasteiger partial charge in [-0.25, -0.2) is 4.68 Å². The van der Waals surface area contributed by atoms with E-state index in [4.69, 9.17) is 12.2 Å². The Morgan fingerprint density at radius 1 is 1.42 bits per heavy atom. The third kappa shape index (κ3) is 2.04. The topological polar surface area (TPSA) is 38.5 Å². The highest BCUT2D eigenvalue weighted by molar-refractivity contribution is 7.71. The van der Waals surface area contributed by atoms with E-state index in [1.807, 2.05) is 6.92 Å². The second-order valence-corrected chi connectivity index (χ2v) is 6.21. The van der Waals surface area contributed by atoms with Crippen LogP contribution >= 0.6 is 12.2 Å². The lowest BCUT2D eigenvalue weighted by Gasteiger charge is -2.28. The molecule has 4 nitrogen and oxygen atoms in total. The number of hydrogen-bond acceptors (Lipinski definition) is 2. The zero-order valence-electron chi connectivity index (χ0n) is 11.9. The van der Waals surface area contributed by atoms with Crippen LogP contribution in [0.4, 0.5) is 0 Å². The summed E-state index contributed by atoms with van der Waals surface area (Å²) in [5.74, 6) is 0.796. The predicted octanol–water partition coefficient (Wildman–Crippen LogP) is 3.97. The van der Waals surface area contributed by atoms with Crippen LogP contribution in [0.1, 0.15) is 51.3 Å². The van der Waals surface area contributed by atoms with Gasteiger partial charge in [-0.2, -0.15) is 5.10 Å². The SMILES string of the molecule is CCn1nc(C)c2[nH]c(=S)n(C3CCCC(C)C3)c21. The van der Waals surface area contributed by atoms with Crippen molar-refractivity contribution in [3.63, 3.8) is 0 Å². The Kier molecular flexibility index (Phi) is 3.25. The van der Waals surface area contributed by atoms with Gasteiger partial charge in [0.25, 0.3) is 0 Å². The third-order valence-corrected chi connectivity index (χ3v) is 4.65. The van der Waals surface area contributed by atoms with Gasteiger partial charge in [0.05, 0.1) is 5.69 Å². The number of aryl methyl sites for hydroxylation is 2. The molecule has 5 heteroatoms.